The lowest BCUT2D eigenvalue weighted by Gasteiger charge is -2.14. The monoisotopic (exact) mass is 437 g/mol. The van der Waals surface area contributed by atoms with E-state index in [1.807, 2.05) is 13.8 Å². The molecule has 0 aliphatic heterocycles. The van der Waals surface area contributed by atoms with Gasteiger partial charge in [-0.25, -0.2) is 4.98 Å². The molecule has 0 N–H and O–H groups in total. The quantitative estimate of drug-likeness (QED) is 0.434. The summed E-state index contributed by atoms with van der Waals surface area (Å²) in [7, 11) is 0. The van der Waals surface area contributed by atoms with Gasteiger partial charge in [0, 0.05) is 29.0 Å². The Kier molecular flexibility index (Phi) is 5.38. The maximum Gasteiger partial charge on any atom is 0.433 e. The molecule has 4 aromatic rings. The van der Waals surface area contributed by atoms with Crippen molar-refractivity contribution in [3.63, 3.8) is 0 Å². The Morgan fingerprint density at radius 1 is 1.06 bits per heavy atom. The lowest BCUT2D eigenvalue weighted by atomic mass is 10.0. The van der Waals surface area contributed by atoms with Gasteiger partial charge in [0.25, 0.3) is 0 Å². The van der Waals surface area contributed by atoms with Gasteiger partial charge in [-0.15, -0.1) is 0 Å². The van der Waals surface area contributed by atoms with Crippen LogP contribution in [0.1, 0.15) is 38.6 Å². The Morgan fingerprint density at radius 2 is 1.81 bits per heavy atom. The first-order valence-corrected chi connectivity index (χ1v) is 9.78. The summed E-state index contributed by atoms with van der Waals surface area (Å²) in [6, 6.07) is 12.0. The first-order valence-electron chi connectivity index (χ1n) is 9.78. The lowest BCUT2D eigenvalue weighted by Crippen LogP contribution is -2.21. The molecule has 0 bridgehead atoms. The average Bonchev–Trinajstić information content (AvgIpc) is 2.77. The molecular weight excluding hydrogens is 419 g/mol. The molecule has 0 radical (unpaired) electrons. The van der Waals surface area contributed by atoms with E-state index in [0.717, 1.165) is 17.3 Å². The van der Waals surface area contributed by atoms with Crippen molar-refractivity contribution in [1.29, 1.82) is 0 Å². The number of aryl methyl sites for hydroxylation is 2. The van der Waals surface area contributed by atoms with E-state index >= 15 is 0 Å². The number of carbonyl (C=O) groups excluding carboxylic acids is 1. The maximum atomic E-state index is 13.1. The number of hydrogen-bond donors (Lipinski definition) is 0. The fourth-order valence-corrected chi connectivity index (χ4v) is 3.46. The zero-order valence-electron chi connectivity index (χ0n) is 17.3. The van der Waals surface area contributed by atoms with Crippen molar-refractivity contribution >= 4 is 16.7 Å². The Bertz CT molecular complexity index is 1410. The van der Waals surface area contributed by atoms with E-state index in [4.69, 9.17) is 0 Å². The van der Waals surface area contributed by atoms with Gasteiger partial charge in [0.15, 0.2) is 5.78 Å². The van der Waals surface area contributed by atoms with Crippen LogP contribution in [-0.4, -0.2) is 20.3 Å². The first kappa shape index (κ1) is 21.4. The molecule has 3 heterocycles. The van der Waals surface area contributed by atoms with Crippen LogP contribution in [0.5, 0.6) is 0 Å². The number of nitrogens with zero attached hydrogens (tertiary/aromatic N) is 3. The molecule has 0 atom stereocenters. The van der Waals surface area contributed by atoms with E-state index in [2.05, 4.69) is 9.97 Å². The SMILES string of the molecule is Cc1cc(C(=O)c2cn(Cc3cccc(C(F)(F)F)n3)c3ccccc3c2=O)cnc1C. The average molecular weight is 437 g/mol. The zero-order valence-corrected chi connectivity index (χ0v) is 17.3. The highest BCUT2D eigenvalue weighted by atomic mass is 19.4. The number of para-hydroxylation sites is 1. The smallest absolute Gasteiger partial charge is 0.340 e. The predicted molar refractivity (Wildman–Crippen MR) is 114 cm³/mol. The Morgan fingerprint density at radius 3 is 2.53 bits per heavy atom. The summed E-state index contributed by atoms with van der Waals surface area (Å²) in [6.45, 7) is 3.59. The fourth-order valence-electron chi connectivity index (χ4n) is 3.46. The molecule has 0 amide bonds. The number of carbonyl (C=O) groups is 1. The minimum atomic E-state index is -4.57. The van der Waals surface area contributed by atoms with E-state index in [1.165, 1.54) is 24.5 Å². The molecule has 0 fully saturated rings. The van der Waals surface area contributed by atoms with Crippen LogP contribution in [0.3, 0.4) is 0 Å². The van der Waals surface area contributed by atoms with Crippen molar-refractivity contribution in [1.82, 2.24) is 14.5 Å². The van der Waals surface area contributed by atoms with Crippen LogP contribution in [0.25, 0.3) is 10.9 Å². The third-order valence-electron chi connectivity index (χ3n) is 5.26. The largest absolute Gasteiger partial charge is 0.433 e. The number of rotatable bonds is 4. The summed E-state index contributed by atoms with van der Waals surface area (Å²) in [5.74, 6) is -0.498. The highest BCUT2D eigenvalue weighted by molar-refractivity contribution is 6.10. The first-order chi connectivity index (χ1) is 15.1. The maximum absolute atomic E-state index is 13.1. The molecule has 0 aliphatic carbocycles. The van der Waals surface area contributed by atoms with Crippen LogP contribution < -0.4 is 5.43 Å². The van der Waals surface area contributed by atoms with Gasteiger partial charge in [-0.1, -0.05) is 18.2 Å². The number of ketones is 1. The van der Waals surface area contributed by atoms with Crippen molar-refractivity contribution in [3.05, 3.63) is 105 Å². The highest BCUT2D eigenvalue weighted by Crippen LogP contribution is 2.27. The van der Waals surface area contributed by atoms with E-state index in [-0.39, 0.29) is 23.4 Å². The van der Waals surface area contributed by atoms with Gasteiger partial charge in [-0.3, -0.25) is 14.6 Å². The Hall–Kier alpha value is -3.81. The van der Waals surface area contributed by atoms with Crippen molar-refractivity contribution < 1.29 is 18.0 Å². The standard InChI is InChI=1S/C24H18F3N3O2/c1-14-10-16(11-28-15(14)2)22(31)19-13-30(20-8-4-3-7-18(20)23(19)32)12-17-6-5-9-21(29-17)24(25,26)27/h3-11,13H,12H2,1-2H3. The summed E-state index contributed by atoms with van der Waals surface area (Å²) in [5, 5.41) is 0.294. The van der Waals surface area contributed by atoms with Crippen LogP contribution in [0.4, 0.5) is 13.2 Å². The second kappa shape index (κ2) is 8.03. The topological polar surface area (TPSA) is 64.8 Å². The highest BCUT2D eigenvalue weighted by Gasteiger charge is 2.32. The predicted octanol–water partition coefficient (Wildman–Crippen LogP) is 4.71. The second-order valence-electron chi connectivity index (χ2n) is 7.48. The van der Waals surface area contributed by atoms with Gasteiger partial charge >= 0.3 is 6.18 Å². The van der Waals surface area contributed by atoms with Crippen molar-refractivity contribution in [2.75, 3.05) is 0 Å². The van der Waals surface area contributed by atoms with Gasteiger partial charge in [0.05, 0.1) is 23.3 Å². The van der Waals surface area contributed by atoms with Crippen LogP contribution in [-0.2, 0) is 12.7 Å². The van der Waals surface area contributed by atoms with Gasteiger partial charge in [0.1, 0.15) is 5.69 Å². The van der Waals surface area contributed by atoms with Crippen molar-refractivity contribution in [3.8, 4) is 0 Å². The lowest BCUT2D eigenvalue weighted by molar-refractivity contribution is -0.141. The fraction of sp³-hybridized carbons (Fsp3) is 0.167. The summed E-state index contributed by atoms with van der Waals surface area (Å²) in [5.41, 5.74) is 0.962. The number of hydrogen-bond acceptors (Lipinski definition) is 4. The second-order valence-corrected chi connectivity index (χ2v) is 7.48. The Labute approximate surface area is 181 Å². The molecule has 0 saturated heterocycles. The van der Waals surface area contributed by atoms with Gasteiger partial charge in [-0.05, 0) is 49.7 Å². The van der Waals surface area contributed by atoms with Crippen LogP contribution in [0.2, 0.25) is 0 Å². The van der Waals surface area contributed by atoms with E-state index in [1.54, 1.807) is 34.9 Å². The number of benzene rings is 1. The van der Waals surface area contributed by atoms with Gasteiger partial charge in [-0.2, -0.15) is 13.2 Å². The van der Waals surface area contributed by atoms with Crippen LogP contribution >= 0.6 is 0 Å². The van der Waals surface area contributed by atoms with Crippen LogP contribution in [0.15, 0.2) is 65.7 Å². The van der Waals surface area contributed by atoms with Gasteiger partial charge in [0.2, 0.25) is 5.43 Å². The van der Waals surface area contributed by atoms with Crippen molar-refractivity contribution in [2.45, 2.75) is 26.6 Å². The van der Waals surface area contributed by atoms with Crippen molar-refractivity contribution in [2.24, 2.45) is 0 Å². The van der Waals surface area contributed by atoms with E-state index in [0.29, 0.717) is 10.9 Å². The third kappa shape index (κ3) is 4.03. The number of aromatic nitrogens is 3. The molecule has 4 rings (SSSR count). The molecule has 0 saturated carbocycles. The molecule has 8 heteroatoms. The number of alkyl halides is 3. The van der Waals surface area contributed by atoms with Crippen LogP contribution in [0, 0.1) is 13.8 Å². The summed E-state index contributed by atoms with van der Waals surface area (Å²) in [4.78, 5) is 34.1. The normalized spacial score (nSPS) is 11.7. The molecule has 3 aromatic heterocycles. The molecule has 5 nitrogen and oxygen atoms in total. The number of halogens is 3. The molecular formula is C24H18F3N3O2. The third-order valence-corrected chi connectivity index (χ3v) is 5.26. The molecule has 0 spiro atoms. The molecule has 1 aromatic carbocycles. The summed E-state index contributed by atoms with van der Waals surface area (Å²) < 4.78 is 40.8. The minimum Gasteiger partial charge on any atom is -0.340 e. The minimum absolute atomic E-state index is 0.0455. The van der Waals surface area contributed by atoms with E-state index in [9.17, 15) is 22.8 Å². The zero-order chi connectivity index (χ0) is 23.0. The summed E-state index contributed by atoms with van der Waals surface area (Å²) in [6.07, 6.45) is -1.78. The number of pyridine rings is 3. The molecule has 0 unspecified atom stereocenters. The molecule has 32 heavy (non-hydrogen) atoms. The molecule has 162 valence electrons. The summed E-state index contributed by atoms with van der Waals surface area (Å²) >= 11 is 0. The van der Waals surface area contributed by atoms with Gasteiger partial charge < -0.3 is 4.57 Å². The number of fused-ring (bicyclic) bond motifs is 1. The Balaban J connectivity index is 1.85. The molecule has 0 aliphatic rings. The van der Waals surface area contributed by atoms with E-state index < -0.39 is 23.1 Å².